The number of carbonyl (C=O) groups is 3. The van der Waals surface area contributed by atoms with Gasteiger partial charge in [-0.25, -0.2) is 9.18 Å². The smallest absolute Gasteiger partial charge is 0.319 e. The maximum Gasteiger partial charge on any atom is 0.319 e. The molecule has 0 aliphatic carbocycles. The van der Waals surface area contributed by atoms with Crippen LogP contribution >= 0.6 is 0 Å². The first kappa shape index (κ1) is 24.9. The summed E-state index contributed by atoms with van der Waals surface area (Å²) in [6.45, 7) is 2.22. The minimum Gasteiger partial charge on any atom is -0.348 e. The maximum atomic E-state index is 13.0. The average Bonchev–Trinajstić information content (AvgIpc) is 2.92. The largest absolute Gasteiger partial charge is 0.348 e. The Morgan fingerprint density at radius 2 is 1.25 bits per heavy atom. The summed E-state index contributed by atoms with van der Waals surface area (Å²) in [5.74, 6) is -0.535. The van der Waals surface area contributed by atoms with Crippen molar-refractivity contribution in [1.82, 2.24) is 15.5 Å². The predicted octanol–water partition coefficient (Wildman–Crippen LogP) is 4.70. The van der Waals surface area contributed by atoms with Crippen LogP contribution in [-0.4, -0.2) is 35.8 Å². The Hall–Kier alpha value is -4.20. The van der Waals surface area contributed by atoms with Gasteiger partial charge in [0.05, 0.1) is 0 Å². The number of rotatable bonds is 7. The number of anilines is 1. The Labute approximate surface area is 209 Å². The molecule has 0 atom stereocenters. The van der Waals surface area contributed by atoms with E-state index in [0.717, 1.165) is 37.1 Å². The standard InChI is InChI=1S/C28H29FN4O3/c29-24-12-6-21(7-13-24)18-30-26(34)22-10-14-25(15-11-22)32-28(36)31-19-20-4-8-23(9-5-20)27(35)33-16-2-1-3-17-33/h4-15H,1-3,16-19H2,(H,30,34)(H2,31,32,36). The summed E-state index contributed by atoms with van der Waals surface area (Å²) in [4.78, 5) is 39.1. The zero-order chi connectivity index (χ0) is 25.3. The summed E-state index contributed by atoms with van der Waals surface area (Å²) in [5, 5.41) is 8.30. The van der Waals surface area contributed by atoms with Crippen LogP contribution in [-0.2, 0) is 13.1 Å². The van der Waals surface area contributed by atoms with Crippen LogP contribution in [0.25, 0.3) is 0 Å². The average molecular weight is 489 g/mol. The van der Waals surface area contributed by atoms with Gasteiger partial charge in [-0.1, -0.05) is 24.3 Å². The van der Waals surface area contributed by atoms with E-state index in [-0.39, 0.29) is 30.2 Å². The van der Waals surface area contributed by atoms with Crippen molar-refractivity contribution in [2.24, 2.45) is 0 Å². The van der Waals surface area contributed by atoms with Crippen molar-refractivity contribution in [3.05, 3.63) is 101 Å². The molecule has 0 saturated carbocycles. The molecule has 4 rings (SSSR count). The van der Waals surface area contributed by atoms with Crippen LogP contribution in [0.2, 0.25) is 0 Å². The third-order valence-electron chi connectivity index (χ3n) is 6.07. The van der Waals surface area contributed by atoms with Crippen molar-refractivity contribution in [2.45, 2.75) is 32.4 Å². The number of likely N-dealkylation sites (tertiary alicyclic amines) is 1. The van der Waals surface area contributed by atoms with Crippen LogP contribution < -0.4 is 16.0 Å². The topological polar surface area (TPSA) is 90.5 Å². The molecule has 0 unspecified atom stereocenters. The fourth-order valence-corrected chi connectivity index (χ4v) is 3.99. The van der Waals surface area contributed by atoms with Gasteiger partial charge in [0.25, 0.3) is 11.8 Å². The minimum atomic E-state index is -0.378. The molecule has 7 nitrogen and oxygen atoms in total. The van der Waals surface area contributed by atoms with Gasteiger partial charge in [-0.3, -0.25) is 9.59 Å². The highest BCUT2D eigenvalue weighted by molar-refractivity contribution is 5.95. The third-order valence-corrected chi connectivity index (χ3v) is 6.07. The molecule has 0 bridgehead atoms. The SMILES string of the molecule is O=C(NCc1ccc(C(=O)N2CCCCC2)cc1)Nc1ccc(C(=O)NCc2ccc(F)cc2)cc1. The van der Waals surface area contributed by atoms with Crippen molar-refractivity contribution in [3.8, 4) is 0 Å². The van der Waals surface area contributed by atoms with Crippen molar-refractivity contribution >= 4 is 23.5 Å². The molecule has 0 spiro atoms. The monoisotopic (exact) mass is 488 g/mol. The fourth-order valence-electron chi connectivity index (χ4n) is 3.99. The molecule has 4 amide bonds. The van der Waals surface area contributed by atoms with Crippen molar-refractivity contribution in [3.63, 3.8) is 0 Å². The van der Waals surface area contributed by atoms with Gasteiger partial charge in [-0.2, -0.15) is 0 Å². The van der Waals surface area contributed by atoms with E-state index in [2.05, 4.69) is 16.0 Å². The molecule has 3 aromatic carbocycles. The maximum absolute atomic E-state index is 13.0. The molecule has 1 fully saturated rings. The molecular formula is C28H29FN4O3. The molecule has 0 aromatic heterocycles. The van der Waals surface area contributed by atoms with Gasteiger partial charge in [-0.05, 0) is 78.9 Å². The van der Waals surface area contributed by atoms with E-state index < -0.39 is 0 Å². The van der Waals surface area contributed by atoms with E-state index in [1.165, 1.54) is 18.6 Å². The van der Waals surface area contributed by atoms with E-state index in [4.69, 9.17) is 0 Å². The molecule has 1 saturated heterocycles. The van der Waals surface area contributed by atoms with Gasteiger partial charge >= 0.3 is 6.03 Å². The van der Waals surface area contributed by atoms with Gasteiger partial charge in [0, 0.05) is 43.0 Å². The van der Waals surface area contributed by atoms with Crippen LogP contribution in [0.3, 0.4) is 0 Å². The van der Waals surface area contributed by atoms with Crippen molar-refractivity contribution in [2.75, 3.05) is 18.4 Å². The second kappa shape index (κ2) is 12.0. The fraction of sp³-hybridized carbons (Fsp3) is 0.250. The first-order valence-corrected chi connectivity index (χ1v) is 12.0. The van der Waals surface area contributed by atoms with E-state index in [9.17, 15) is 18.8 Å². The Morgan fingerprint density at radius 1 is 0.694 bits per heavy atom. The summed E-state index contributed by atoms with van der Waals surface area (Å²) in [7, 11) is 0. The molecule has 3 N–H and O–H groups in total. The molecule has 1 aliphatic heterocycles. The van der Waals surface area contributed by atoms with Crippen molar-refractivity contribution < 1.29 is 18.8 Å². The molecule has 1 aliphatic rings. The molecular weight excluding hydrogens is 459 g/mol. The van der Waals surface area contributed by atoms with Gasteiger partial charge in [0.1, 0.15) is 5.82 Å². The summed E-state index contributed by atoms with van der Waals surface area (Å²) >= 11 is 0. The van der Waals surface area contributed by atoms with E-state index >= 15 is 0 Å². The number of nitrogens with zero attached hydrogens (tertiary/aromatic N) is 1. The van der Waals surface area contributed by atoms with Gasteiger partial charge in [0.15, 0.2) is 0 Å². The van der Waals surface area contributed by atoms with E-state index in [1.54, 1.807) is 48.5 Å². The zero-order valence-electron chi connectivity index (χ0n) is 19.9. The molecule has 186 valence electrons. The lowest BCUT2D eigenvalue weighted by atomic mass is 10.1. The second-order valence-corrected chi connectivity index (χ2v) is 8.74. The minimum absolute atomic E-state index is 0.0551. The predicted molar refractivity (Wildman–Crippen MR) is 136 cm³/mol. The summed E-state index contributed by atoms with van der Waals surface area (Å²) in [6, 6.07) is 19.4. The number of nitrogens with one attached hydrogen (secondary N) is 3. The van der Waals surface area contributed by atoms with Crippen LogP contribution in [0.15, 0.2) is 72.8 Å². The highest BCUT2D eigenvalue weighted by atomic mass is 19.1. The molecule has 36 heavy (non-hydrogen) atoms. The highest BCUT2D eigenvalue weighted by Crippen LogP contribution is 2.14. The number of hydrogen-bond acceptors (Lipinski definition) is 3. The summed E-state index contributed by atoms with van der Waals surface area (Å²) in [5.41, 5.74) is 3.33. The number of urea groups is 1. The van der Waals surface area contributed by atoms with Crippen LogP contribution in [0.4, 0.5) is 14.9 Å². The van der Waals surface area contributed by atoms with Gasteiger partial charge in [-0.15, -0.1) is 0 Å². The lowest BCUT2D eigenvalue weighted by molar-refractivity contribution is 0.0724. The first-order valence-electron chi connectivity index (χ1n) is 12.0. The third kappa shape index (κ3) is 6.91. The second-order valence-electron chi connectivity index (χ2n) is 8.74. The number of hydrogen-bond donors (Lipinski definition) is 3. The number of halogens is 1. The number of piperidine rings is 1. The van der Waals surface area contributed by atoms with Gasteiger partial charge < -0.3 is 20.9 Å². The zero-order valence-corrected chi connectivity index (χ0v) is 19.9. The molecule has 1 heterocycles. The Balaban J connectivity index is 1.21. The quantitative estimate of drug-likeness (QED) is 0.450. The van der Waals surface area contributed by atoms with E-state index in [0.29, 0.717) is 23.4 Å². The Morgan fingerprint density at radius 3 is 1.89 bits per heavy atom. The summed E-state index contributed by atoms with van der Waals surface area (Å²) < 4.78 is 13.0. The Kier molecular flexibility index (Phi) is 8.28. The highest BCUT2D eigenvalue weighted by Gasteiger charge is 2.17. The molecule has 0 radical (unpaired) electrons. The van der Waals surface area contributed by atoms with Crippen molar-refractivity contribution in [1.29, 1.82) is 0 Å². The van der Waals surface area contributed by atoms with Crippen LogP contribution in [0.1, 0.15) is 51.1 Å². The normalized spacial score (nSPS) is 13.1. The molecule has 3 aromatic rings. The lowest BCUT2D eigenvalue weighted by Crippen LogP contribution is -2.35. The number of carbonyl (C=O) groups excluding carboxylic acids is 3. The van der Waals surface area contributed by atoms with Gasteiger partial charge in [0.2, 0.25) is 0 Å². The van der Waals surface area contributed by atoms with E-state index in [1.807, 2.05) is 17.0 Å². The number of amides is 4. The lowest BCUT2D eigenvalue weighted by Gasteiger charge is -2.26. The summed E-state index contributed by atoms with van der Waals surface area (Å²) in [6.07, 6.45) is 3.28. The Bertz CT molecular complexity index is 1190. The van der Waals surface area contributed by atoms with Crippen LogP contribution in [0, 0.1) is 5.82 Å². The first-order chi connectivity index (χ1) is 17.5. The molecule has 8 heteroatoms. The van der Waals surface area contributed by atoms with Crippen LogP contribution in [0.5, 0.6) is 0 Å². The number of benzene rings is 3.